The zero-order chi connectivity index (χ0) is 33.3. The van der Waals surface area contributed by atoms with Crippen LogP contribution in [0.2, 0.25) is 0 Å². The molecule has 0 aliphatic rings. The van der Waals surface area contributed by atoms with Crippen LogP contribution in [-0.2, 0) is 28.5 Å². The highest BCUT2D eigenvalue weighted by Crippen LogP contribution is 2.25. The summed E-state index contributed by atoms with van der Waals surface area (Å²) >= 11 is 0. The largest absolute Gasteiger partial charge is 0.478 e. The summed E-state index contributed by atoms with van der Waals surface area (Å²) in [5.74, 6) is -4.91. The Morgan fingerprint density at radius 3 is 0.564 bits per heavy atom. The van der Waals surface area contributed by atoms with Gasteiger partial charge in [0.15, 0.2) is 0 Å². The van der Waals surface area contributed by atoms with Gasteiger partial charge in [0.05, 0.1) is 31.8 Å². The number of aliphatic carboxylic acids is 5. The van der Waals surface area contributed by atoms with Gasteiger partial charge in [0.25, 0.3) is 0 Å². The number of carboxylic acid groups (broad SMARTS) is 5. The second kappa shape index (κ2) is 36.2. The number of aliphatic hydroxyl groups excluding tert-OH is 4. The molecule has 0 aromatic heterocycles. The summed E-state index contributed by atoms with van der Waals surface area (Å²) in [6.45, 7) is 13.2. The predicted octanol–water partition coefficient (Wildman–Crippen LogP) is -1.70. The summed E-state index contributed by atoms with van der Waals surface area (Å²) < 4.78 is 8.88. The minimum Gasteiger partial charge on any atom is -0.478 e. The number of carbonyl (C=O) groups is 5. The van der Waals surface area contributed by atoms with Gasteiger partial charge < -0.3 is 60.6 Å². The fraction of sp³-hybridized carbons (Fsp3) is 0.250. The maximum Gasteiger partial charge on any atom is 0.466 e. The van der Waals surface area contributed by atoms with E-state index in [0.29, 0.717) is 0 Å². The Hall–Kier alpha value is -4.00. The summed E-state index contributed by atoms with van der Waals surface area (Å²) in [5.41, 5.74) is -1.11. The zero-order valence-electron chi connectivity index (χ0n) is 20.5. The molecule has 18 nitrogen and oxygen atoms in total. The van der Waals surface area contributed by atoms with E-state index in [2.05, 4.69) is 32.9 Å². The molecular weight excluding hydrogens is 559 g/mol. The molecule has 0 amide bonds. The molecule has 0 aliphatic carbocycles. The van der Waals surface area contributed by atoms with Gasteiger partial charge in [-0.05, 0) is 0 Å². The summed E-state index contributed by atoms with van der Waals surface area (Å²) in [7, 11) is -4.64. The average Bonchev–Trinajstić information content (AvgIpc) is 2.86. The lowest BCUT2D eigenvalue weighted by Crippen LogP contribution is -2.37. The van der Waals surface area contributed by atoms with Crippen LogP contribution in [0.4, 0.5) is 0 Å². The van der Waals surface area contributed by atoms with Crippen molar-refractivity contribution >= 4 is 37.7 Å². The van der Waals surface area contributed by atoms with Crippen molar-refractivity contribution in [1.29, 1.82) is 0 Å². The molecule has 0 saturated heterocycles. The van der Waals surface area contributed by atoms with Gasteiger partial charge in [-0.25, -0.2) is 28.5 Å². The molecule has 0 fully saturated rings. The highest BCUT2D eigenvalue weighted by atomic mass is 31.2. The van der Waals surface area contributed by atoms with E-state index in [1.807, 2.05) is 0 Å². The second-order valence-electron chi connectivity index (χ2n) is 5.36. The van der Waals surface area contributed by atoms with Crippen molar-refractivity contribution in [2.24, 2.45) is 5.41 Å². The summed E-state index contributed by atoms with van der Waals surface area (Å²) in [4.78, 5) is 67.8. The van der Waals surface area contributed by atoms with Crippen molar-refractivity contribution in [2.45, 2.75) is 0 Å². The first-order valence-corrected chi connectivity index (χ1v) is 10.7. The lowest BCUT2D eigenvalue weighted by atomic mass is 9.93. The maximum absolute atomic E-state index is 9.25. The molecule has 0 radical (unpaired) electrons. The molecule has 0 unspecified atom stereocenters. The van der Waals surface area contributed by atoms with Gasteiger partial charge in [0.1, 0.15) is 0 Å². The summed E-state index contributed by atoms with van der Waals surface area (Å²) in [5, 5.41) is 72.0. The Morgan fingerprint density at radius 2 is 0.564 bits per heavy atom. The third kappa shape index (κ3) is 107. The number of aliphatic hydroxyl groups is 4. The first kappa shape index (κ1) is 51.6. The molecule has 0 atom stereocenters. The highest BCUT2D eigenvalue weighted by Gasteiger charge is 2.26. The van der Waals surface area contributed by atoms with E-state index in [1.165, 1.54) is 0 Å². The quantitative estimate of drug-likeness (QED) is 0.104. The number of rotatable bonds is 9. The van der Waals surface area contributed by atoms with Crippen LogP contribution in [0.1, 0.15) is 0 Å². The first-order chi connectivity index (χ1) is 17.6. The van der Waals surface area contributed by atoms with E-state index in [-0.39, 0.29) is 0 Å². The smallest absolute Gasteiger partial charge is 0.466 e. The number of hydrogen-bond donors (Lipinski definition) is 12. The van der Waals surface area contributed by atoms with Gasteiger partial charge in [-0.15, -0.1) is 0 Å². The molecule has 0 heterocycles. The Balaban J connectivity index is -0.0000000622. The Bertz CT molecular complexity index is 649. The van der Waals surface area contributed by atoms with Gasteiger partial charge in [-0.3, -0.25) is 0 Å². The summed E-state index contributed by atoms with van der Waals surface area (Å²) in [6.07, 6.45) is 4.17. The molecule has 12 N–H and O–H groups in total. The van der Waals surface area contributed by atoms with Gasteiger partial charge >= 0.3 is 37.7 Å². The van der Waals surface area contributed by atoms with E-state index >= 15 is 0 Å². The topological polar surface area (TPSA) is 345 Å². The van der Waals surface area contributed by atoms with Crippen LogP contribution in [0.25, 0.3) is 0 Å². The van der Waals surface area contributed by atoms with E-state index in [4.69, 9.17) is 65.2 Å². The van der Waals surface area contributed by atoms with Crippen molar-refractivity contribution < 1.29 is 89.2 Å². The van der Waals surface area contributed by atoms with E-state index in [1.54, 1.807) is 0 Å². The molecule has 39 heavy (non-hydrogen) atoms. The van der Waals surface area contributed by atoms with Gasteiger partial charge in [0.2, 0.25) is 0 Å². The first-order valence-electron chi connectivity index (χ1n) is 9.08. The number of hydrogen-bond acceptors (Lipinski definition) is 10. The molecule has 0 aromatic carbocycles. The number of carboxylic acids is 5. The van der Waals surface area contributed by atoms with Crippen molar-refractivity contribution in [3.8, 4) is 0 Å². The third-order valence-corrected chi connectivity index (χ3v) is 2.21. The second-order valence-corrected chi connectivity index (χ2v) is 6.38. The van der Waals surface area contributed by atoms with E-state index in [0.717, 1.165) is 30.4 Å². The van der Waals surface area contributed by atoms with Crippen molar-refractivity contribution in [3.05, 3.63) is 63.3 Å². The Kier molecular flexibility index (Phi) is 47.8. The normalized spacial score (nSPS) is 8.38. The monoisotopic (exact) mass is 594 g/mol. The minimum absolute atomic E-state index is 0.406. The molecule has 0 saturated carbocycles. The molecule has 0 aromatic rings. The molecule has 19 heteroatoms. The van der Waals surface area contributed by atoms with Crippen LogP contribution in [0, 0.1) is 5.41 Å². The fourth-order valence-electron chi connectivity index (χ4n) is 0.300. The average molecular weight is 594 g/mol. The van der Waals surface area contributed by atoms with E-state index in [9.17, 15) is 24.0 Å². The van der Waals surface area contributed by atoms with E-state index < -0.39 is 69.5 Å². The molecule has 0 spiro atoms. The highest BCUT2D eigenvalue weighted by molar-refractivity contribution is 7.45. The molecule has 228 valence electrons. The summed E-state index contributed by atoms with van der Waals surface area (Å²) in [6, 6.07) is 0. The van der Waals surface area contributed by atoms with Crippen molar-refractivity contribution in [3.63, 3.8) is 0 Å². The Labute approximate surface area is 222 Å². The maximum atomic E-state index is 9.25. The number of phosphoric acid groups is 1. The van der Waals surface area contributed by atoms with Crippen LogP contribution >= 0.6 is 7.82 Å². The van der Waals surface area contributed by atoms with Crippen LogP contribution in [0.3, 0.4) is 0 Å². The molecule has 0 rings (SSSR count). The molecular formula is C20H35O18P. The molecule has 0 bridgehead atoms. The standard InChI is InChI=1S/C5H12O4.5C3H4O2.H3O4P/c6-1-5(2-7,3-8)4-9;5*1-2-3(4)5;1-5(2,3)4/h6-9H,1-4H2;5*2H,1H2,(H,4,5);(H3,1,2,3,4). The SMILES string of the molecule is C=CC(=O)O.C=CC(=O)O.C=CC(=O)O.C=CC(=O)O.C=CC(=O)O.O=P(O)(O)O.OCC(CO)(CO)CO. The van der Waals surface area contributed by atoms with Crippen LogP contribution < -0.4 is 0 Å². The van der Waals surface area contributed by atoms with Gasteiger partial charge in [0, 0.05) is 30.4 Å². The minimum atomic E-state index is -4.64. The zero-order valence-corrected chi connectivity index (χ0v) is 21.4. The van der Waals surface area contributed by atoms with Crippen LogP contribution in [0.5, 0.6) is 0 Å². The van der Waals surface area contributed by atoms with Crippen LogP contribution in [0.15, 0.2) is 63.3 Å². The molecule has 0 aliphatic heterocycles. The van der Waals surface area contributed by atoms with Crippen LogP contribution in [-0.4, -0.2) is 117 Å². The lowest BCUT2D eigenvalue weighted by Gasteiger charge is -2.23. The van der Waals surface area contributed by atoms with Crippen molar-refractivity contribution in [2.75, 3.05) is 26.4 Å². The Morgan fingerprint density at radius 1 is 0.487 bits per heavy atom. The predicted molar refractivity (Wildman–Crippen MR) is 134 cm³/mol. The van der Waals surface area contributed by atoms with Gasteiger partial charge in [-0.2, -0.15) is 0 Å². The van der Waals surface area contributed by atoms with Crippen molar-refractivity contribution in [1.82, 2.24) is 0 Å². The lowest BCUT2D eigenvalue weighted by molar-refractivity contribution is -0.132. The third-order valence-electron chi connectivity index (χ3n) is 2.21. The fourth-order valence-corrected chi connectivity index (χ4v) is 0.300. The van der Waals surface area contributed by atoms with Gasteiger partial charge in [-0.1, -0.05) is 32.9 Å².